The number of carboxylic acids is 1. The van der Waals surface area contributed by atoms with E-state index in [0.29, 0.717) is 5.25 Å². The quantitative estimate of drug-likeness (QED) is 0.631. The number of hydrogen-bond donors (Lipinski definition) is 2. The number of carboxylic acid groups (broad SMARTS) is 1. The third-order valence-electron chi connectivity index (χ3n) is 6.88. The maximum atomic E-state index is 12.4. The molecule has 4 aliphatic rings. The molecule has 0 aromatic carbocycles. The monoisotopic (exact) mass is 409 g/mol. The van der Waals surface area contributed by atoms with E-state index in [2.05, 4.69) is 16.8 Å². The molecular formula is C20H31N3O4S. The van der Waals surface area contributed by atoms with E-state index < -0.39 is 18.0 Å². The average molecular weight is 410 g/mol. The second-order valence-corrected chi connectivity index (χ2v) is 10.3. The van der Waals surface area contributed by atoms with Gasteiger partial charge in [0, 0.05) is 35.7 Å². The minimum Gasteiger partial charge on any atom is -0.477 e. The van der Waals surface area contributed by atoms with Gasteiger partial charge in [0.05, 0.1) is 18.1 Å². The summed E-state index contributed by atoms with van der Waals surface area (Å²) in [6, 6.07) is -0.212. The molecule has 0 radical (unpaired) electrons. The molecule has 2 N–H and O–H groups in total. The Hall–Kier alpha value is -1.09. The fraction of sp³-hybridized carbons (Fsp3) is 0.800. The first-order chi connectivity index (χ1) is 13.3. The normalized spacial score (nSPS) is 33.6. The third kappa shape index (κ3) is 3.38. The van der Waals surface area contributed by atoms with Crippen LogP contribution in [0.1, 0.15) is 26.7 Å². The lowest BCUT2D eigenvalue weighted by Crippen LogP contribution is -2.63. The lowest BCUT2D eigenvalue weighted by Gasteiger charge is -2.46. The summed E-state index contributed by atoms with van der Waals surface area (Å²) in [5.74, 6) is -1.03. The van der Waals surface area contributed by atoms with Gasteiger partial charge in [-0.05, 0) is 45.8 Å². The molecule has 28 heavy (non-hydrogen) atoms. The van der Waals surface area contributed by atoms with Crippen molar-refractivity contribution in [2.45, 2.75) is 44.1 Å². The fourth-order valence-electron chi connectivity index (χ4n) is 5.21. The summed E-state index contributed by atoms with van der Waals surface area (Å²) in [6.45, 7) is 9.08. The smallest absolute Gasteiger partial charge is 0.353 e. The van der Waals surface area contributed by atoms with E-state index in [1.54, 1.807) is 18.7 Å². The number of carbonyl (C=O) groups excluding carboxylic acids is 1. The van der Waals surface area contributed by atoms with Crippen LogP contribution in [0.2, 0.25) is 0 Å². The second-order valence-electron chi connectivity index (χ2n) is 8.98. The number of hydrogen-bond acceptors (Lipinski definition) is 6. The largest absolute Gasteiger partial charge is 0.477 e. The minimum absolute atomic E-state index is 0.0312. The summed E-state index contributed by atoms with van der Waals surface area (Å²) < 4.78 is 0. The van der Waals surface area contributed by atoms with Crippen LogP contribution in [-0.2, 0) is 9.59 Å². The maximum Gasteiger partial charge on any atom is 0.353 e. The Labute approximate surface area is 170 Å². The number of fused-ring (bicyclic) bond motifs is 1. The van der Waals surface area contributed by atoms with Crippen LogP contribution in [0.4, 0.5) is 0 Å². The molecule has 0 aromatic rings. The van der Waals surface area contributed by atoms with Crippen molar-refractivity contribution in [1.29, 1.82) is 0 Å². The van der Waals surface area contributed by atoms with Gasteiger partial charge in [-0.25, -0.2) is 4.79 Å². The Morgan fingerprint density at radius 3 is 2.50 bits per heavy atom. The van der Waals surface area contributed by atoms with Crippen LogP contribution in [0.25, 0.3) is 0 Å². The van der Waals surface area contributed by atoms with Crippen molar-refractivity contribution in [2.75, 3.05) is 39.8 Å². The molecule has 1 unspecified atom stereocenters. The van der Waals surface area contributed by atoms with Gasteiger partial charge in [-0.15, -0.1) is 11.8 Å². The van der Waals surface area contributed by atoms with Gasteiger partial charge < -0.3 is 24.9 Å². The highest BCUT2D eigenvalue weighted by Gasteiger charge is 2.60. The average Bonchev–Trinajstić information content (AvgIpc) is 2.83. The van der Waals surface area contributed by atoms with Gasteiger partial charge in [0.2, 0.25) is 5.91 Å². The number of amides is 1. The minimum atomic E-state index is -1.03. The summed E-state index contributed by atoms with van der Waals surface area (Å²) >= 11 is 1.64. The van der Waals surface area contributed by atoms with Crippen molar-refractivity contribution < 1.29 is 19.8 Å². The highest BCUT2D eigenvalue weighted by Crippen LogP contribution is 2.51. The second kappa shape index (κ2) is 7.63. The van der Waals surface area contributed by atoms with E-state index in [1.165, 1.54) is 30.8 Å². The molecule has 156 valence electrons. The van der Waals surface area contributed by atoms with Gasteiger partial charge in [0.25, 0.3) is 0 Å². The highest BCUT2D eigenvalue weighted by atomic mass is 32.2. The Morgan fingerprint density at radius 2 is 1.93 bits per heavy atom. The van der Waals surface area contributed by atoms with Gasteiger partial charge in [0.1, 0.15) is 5.70 Å². The molecule has 7 nitrogen and oxygen atoms in total. The molecule has 0 saturated carbocycles. The van der Waals surface area contributed by atoms with Crippen molar-refractivity contribution in [1.82, 2.24) is 14.7 Å². The maximum absolute atomic E-state index is 12.4. The van der Waals surface area contributed by atoms with Crippen LogP contribution in [-0.4, -0.2) is 94.0 Å². The van der Waals surface area contributed by atoms with Crippen molar-refractivity contribution in [3.8, 4) is 0 Å². The van der Waals surface area contributed by atoms with E-state index in [-0.39, 0.29) is 23.6 Å². The van der Waals surface area contributed by atoms with Gasteiger partial charge >= 0.3 is 5.97 Å². The zero-order valence-electron chi connectivity index (χ0n) is 16.9. The van der Waals surface area contributed by atoms with Crippen molar-refractivity contribution >= 4 is 23.6 Å². The fourth-order valence-corrected chi connectivity index (χ4v) is 6.80. The molecule has 4 rings (SSSR count). The van der Waals surface area contributed by atoms with Crippen LogP contribution in [0.5, 0.6) is 0 Å². The highest BCUT2D eigenvalue weighted by molar-refractivity contribution is 8.03. The van der Waals surface area contributed by atoms with Gasteiger partial charge in [-0.2, -0.15) is 0 Å². The molecule has 0 aliphatic carbocycles. The first kappa shape index (κ1) is 20.2. The first-order valence-electron chi connectivity index (χ1n) is 10.3. The lowest BCUT2D eigenvalue weighted by atomic mass is 9.79. The van der Waals surface area contributed by atoms with Crippen LogP contribution >= 0.6 is 11.8 Å². The number of piperidine rings is 1. The molecule has 0 aromatic heterocycles. The third-order valence-corrected chi connectivity index (χ3v) is 8.33. The standard InChI is InChI=1S/C20H31N3O4S/c1-11-16-15(12(2)24)19(25)23(16)17(20(26)27)18(11)28-14-9-22(10-14)8-13-4-6-21(3)7-5-13/h11-16,24H,4-10H2,1-3H3,(H,26,27)/t11-,12?,15-,16-/m1/s1. The molecular weight excluding hydrogens is 378 g/mol. The van der Waals surface area contributed by atoms with E-state index in [9.17, 15) is 19.8 Å². The summed E-state index contributed by atoms with van der Waals surface area (Å²) in [4.78, 5) is 31.4. The number of thioether (sulfide) groups is 1. The van der Waals surface area contributed by atoms with Crippen molar-refractivity contribution in [3.05, 3.63) is 10.6 Å². The molecule has 3 fully saturated rings. The van der Waals surface area contributed by atoms with Crippen LogP contribution in [0, 0.1) is 17.8 Å². The number of rotatable bonds is 6. The number of carbonyl (C=O) groups is 2. The van der Waals surface area contributed by atoms with E-state index in [4.69, 9.17) is 0 Å². The summed E-state index contributed by atoms with van der Waals surface area (Å²) in [5.41, 5.74) is 0.151. The number of aliphatic carboxylic acids is 1. The summed E-state index contributed by atoms with van der Waals surface area (Å²) in [5, 5.41) is 20.0. The zero-order chi connectivity index (χ0) is 20.2. The SMILES string of the molecule is CC(O)[C@H]1C(=O)N2C(C(=O)O)=C(SC3CN(CC4CCN(C)CC4)C3)[C@H](C)[C@H]12. The number of aliphatic hydroxyl groups is 1. The lowest BCUT2D eigenvalue weighted by molar-refractivity contribution is -0.163. The number of aliphatic hydroxyl groups excluding tert-OH is 1. The zero-order valence-corrected chi connectivity index (χ0v) is 17.7. The molecule has 1 amide bonds. The topological polar surface area (TPSA) is 84.3 Å². The van der Waals surface area contributed by atoms with E-state index in [1.807, 2.05) is 6.92 Å². The molecule has 4 heterocycles. The van der Waals surface area contributed by atoms with Gasteiger partial charge in [0.15, 0.2) is 0 Å². The summed E-state index contributed by atoms with van der Waals surface area (Å²) in [7, 11) is 2.18. The van der Waals surface area contributed by atoms with Gasteiger partial charge in [-0.3, -0.25) is 4.79 Å². The number of β-lactam (4-membered cyclic amide) rings is 1. The van der Waals surface area contributed by atoms with Crippen LogP contribution in [0.15, 0.2) is 10.6 Å². The Morgan fingerprint density at radius 1 is 1.29 bits per heavy atom. The van der Waals surface area contributed by atoms with Crippen molar-refractivity contribution in [3.63, 3.8) is 0 Å². The van der Waals surface area contributed by atoms with Gasteiger partial charge in [-0.1, -0.05) is 6.92 Å². The predicted octanol–water partition coefficient (Wildman–Crippen LogP) is 0.899. The molecule has 3 saturated heterocycles. The molecule has 4 aliphatic heterocycles. The molecule has 0 bridgehead atoms. The molecule has 4 atom stereocenters. The van der Waals surface area contributed by atoms with Crippen LogP contribution in [0.3, 0.4) is 0 Å². The molecule has 0 spiro atoms. The Balaban J connectivity index is 1.36. The molecule has 8 heteroatoms. The van der Waals surface area contributed by atoms with E-state index in [0.717, 1.165) is 30.5 Å². The van der Waals surface area contributed by atoms with E-state index >= 15 is 0 Å². The summed E-state index contributed by atoms with van der Waals surface area (Å²) in [6.07, 6.45) is 1.77. The van der Waals surface area contributed by atoms with Crippen molar-refractivity contribution in [2.24, 2.45) is 17.8 Å². The first-order valence-corrected chi connectivity index (χ1v) is 11.2. The Kier molecular flexibility index (Phi) is 5.50. The Bertz CT molecular complexity index is 683. The number of nitrogens with zero attached hydrogens (tertiary/aromatic N) is 3. The number of likely N-dealkylation sites (tertiary alicyclic amines) is 2. The predicted molar refractivity (Wildman–Crippen MR) is 108 cm³/mol. The van der Waals surface area contributed by atoms with Crippen LogP contribution < -0.4 is 0 Å².